The molecule has 0 aliphatic rings. The number of halogens is 4. The Labute approximate surface area is 113 Å². The molecular formula is C15H12F4O. The first-order chi connectivity index (χ1) is 9.44. The molecule has 0 aliphatic carbocycles. The Morgan fingerprint density at radius 1 is 0.900 bits per heavy atom. The van der Waals surface area contributed by atoms with Crippen molar-refractivity contribution in [3.05, 3.63) is 59.9 Å². The lowest BCUT2D eigenvalue weighted by Crippen LogP contribution is -2.16. The zero-order valence-electron chi connectivity index (χ0n) is 10.5. The second-order valence-electron chi connectivity index (χ2n) is 4.32. The number of hydrogen-bond donors (Lipinski definition) is 0. The van der Waals surface area contributed by atoms with Crippen molar-refractivity contribution < 1.29 is 22.3 Å². The number of alkyl halides is 3. The van der Waals surface area contributed by atoms with Crippen molar-refractivity contribution in [2.24, 2.45) is 0 Å². The van der Waals surface area contributed by atoms with E-state index in [4.69, 9.17) is 0 Å². The predicted molar refractivity (Wildman–Crippen MR) is 67.5 cm³/mol. The van der Waals surface area contributed by atoms with Crippen LogP contribution < -0.4 is 0 Å². The minimum atomic E-state index is -4.32. The van der Waals surface area contributed by atoms with Gasteiger partial charge in [-0.15, -0.1) is 0 Å². The van der Waals surface area contributed by atoms with Gasteiger partial charge in [0.1, 0.15) is 12.4 Å². The average molecular weight is 284 g/mol. The molecule has 20 heavy (non-hydrogen) atoms. The molecule has 0 heterocycles. The zero-order valence-corrected chi connectivity index (χ0v) is 10.5. The lowest BCUT2D eigenvalue weighted by atomic mass is 10.0. The first-order valence-electron chi connectivity index (χ1n) is 5.93. The van der Waals surface area contributed by atoms with Crippen LogP contribution in [0.3, 0.4) is 0 Å². The van der Waals surface area contributed by atoms with Crippen LogP contribution in [-0.4, -0.2) is 12.8 Å². The second kappa shape index (κ2) is 6.05. The maximum absolute atomic E-state index is 12.8. The molecule has 0 unspecified atom stereocenters. The van der Waals surface area contributed by atoms with Crippen LogP contribution in [0.2, 0.25) is 0 Å². The van der Waals surface area contributed by atoms with Gasteiger partial charge in [-0.3, -0.25) is 0 Å². The van der Waals surface area contributed by atoms with E-state index in [1.54, 1.807) is 36.4 Å². The van der Waals surface area contributed by atoms with E-state index in [1.807, 2.05) is 0 Å². The van der Waals surface area contributed by atoms with Gasteiger partial charge in [0.05, 0.1) is 6.61 Å². The third-order valence-corrected chi connectivity index (χ3v) is 2.64. The van der Waals surface area contributed by atoms with E-state index in [1.165, 1.54) is 12.1 Å². The number of hydrogen-bond acceptors (Lipinski definition) is 1. The summed E-state index contributed by atoms with van der Waals surface area (Å²) in [5, 5.41) is 0. The molecular weight excluding hydrogens is 272 g/mol. The molecule has 0 radical (unpaired) electrons. The Kier molecular flexibility index (Phi) is 4.39. The van der Waals surface area contributed by atoms with Crippen molar-refractivity contribution in [2.75, 3.05) is 6.61 Å². The average Bonchev–Trinajstić information content (AvgIpc) is 2.38. The molecule has 0 bridgehead atoms. The van der Waals surface area contributed by atoms with Gasteiger partial charge in [-0.2, -0.15) is 13.2 Å². The first-order valence-corrected chi connectivity index (χ1v) is 5.93. The Hall–Kier alpha value is -1.88. The van der Waals surface area contributed by atoms with Crippen LogP contribution in [-0.2, 0) is 11.3 Å². The molecule has 2 aromatic rings. The van der Waals surface area contributed by atoms with E-state index in [9.17, 15) is 17.6 Å². The van der Waals surface area contributed by atoms with Crippen LogP contribution in [0.25, 0.3) is 11.1 Å². The van der Waals surface area contributed by atoms with Crippen molar-refractivity contribution in [1.82, 2.24) is 0 Å². The molecule has 0 N–H and O–H groups in total. The van der Waals surface area contributed by atoms with E-state index in [2.05, 4.69) is 4.74 Å². The van der Waals surface area contributed by atoms with E-state index in [0.29, 0.717) is 5.56 Å². The molecule has 106 valence electrons. The van der Waals surface area contributed by atoms with Crippen LogP contribution in [0.15, 0.2) is 48.5 Å². The maximum Gasteiger partial charge on any atom is 0.411 e. The standard InChI is InChI=1S/C15H12F4O/c16-14-6-4-12(5-7-14)13-3-1-2-11(8-13)9-20-10-15(17,18)19/h1-8H,9-10H2. The highest BCUT2D eigenvalue weighted by Gasteiger charge is 2.27. The fourth-order valence-electron chi connectivity index (χ4n) is 1.77. The largest absolute Gasteiger partial charge is 0.411 e. The van der Waals surface area contributed by atoms with E-state index >= 15 is 0 Å². The molecule has 0 saturated carbocycles. The van der Waals surface area contributed by atoms with Gasteiger partial charge in [0.25, 0.3) is 0 Å². The summed E-state index contributed by atoms with van der Waals surface area (Å²) in [6.07, 6.45) is -4.32. The quantitative estimate of drug-likeness (QED) is 0.747. The third-order valence-electron chi connectivity index (χ3n) is 2.64. The number of ether oxygens (including phenoxy) is 1. The molecule has 0 fully saturated rings. The van der Waals surface area contributed by atoms with Gasteiger partial charge in [-0.25, -0.2) is 4.39 Å². The summed E-state index contributed by atoms with van der Waals surface area (Å²) < 4.78 is 53.4. The summed E-state index contributed by atoms with van der Waals surface area (Å²) in [4.78, 5) is 0. The highest BCUT2D eigenvalue weighted by atomic mass is 19.4. The highest BCUT2D eigenvalue weighted by molar-refractivity contribution is 5.63. The summed E-state index contributed by atoms with van der Waals surface area (Å²) in [5.41, 5.74) is 2.23. The third kappa shape index (κ3) is 4.35. The van der Waals surface area contributed by atoms with Crippen molar-refractivity contribution in [1.29, 1.82) is 0 Å². The van der Waals surface area contributed by atoms with Crippen LogP contribution in [0, 0.1) is 5.82 Å². The van der Waals surface area contributed by atoms with Gasteiger partial charge in [0.2, 0.25) is 0 Å². The lowest BCUT2D eigenvalue weighted by molar-refractivity contribution is -0.176. The molecule has 0 aliphatic heterocycles. The van der Waals surface area contributed by atoms with Crippen molar-refractivity contribution in [3.8, 4) is 11.1 Å². The van der Waals surface area contributed by atoms with Gasteiger partial charge in [0.15, 0.2) is 0 Å². The minimum absolute atomic E-state index is 0.117. The summed E-state index contributed by atoms with van der Waals surface area (Å²) >= 11 is 0. The van der Waals surface area contributed by atoms with Gasteiger partial charge >= 0.3 is 6.18 Å². The molecule has 0 atom stereocenters. The Morgan fingerprint density at radius 3 is 2.25 bits per heavy atom. The van der Waals surface area contributed by atoms with E-state index in [0.717, 1.165) is 11.1 Å². The van der Waals surface area contributed by atoms with Crippen molar-refractivity contribution in [3.63, 3.8) is 0 Å². The van der Waals surface area contributed by atoms with Gasteiger partial charge in [-0.1, -0.05) is 30.3 Å². The monoisotopic (exact) mass is 284 g/mol. The van der Waals surface area contributed by atoms with Gasteiger partial charge in [-0.05, 0) is 34.9 Å². The molecule has 0 aromatic heterocycles. The molecule has 0 spiro atoms. The number of rotatable bonds is 4. The van der Waals surface area contributed by atoms with E-state index < -0.39 is 12.8 Å². The lowest BCUT2D eigenvalue weighted by Gasteiger charge is -2.09. The summed E-state index contributed by atoms with van der Waals surface area (Å²) in [7, 11) is 0. The number of benzene rings is 2. The minimum Gasteiger partial charge on any atom is -0.367 e. The summed E-state index contributed by atoms with van der Waals surface area (Å²) in [5.74, 6) is -0.335. The first kappa shape index (κ1) is 14.5. The van der Waals surface area contributed by atoms with Crippen LogP contribution in [0.5, 0.6) is 0 Å². The second-order valence-corrected chi connectivity index (χ2v) is 4.32. The molecule has 5 heteroatoms. The fourth-order valence-corrected chi connectivity index (χ4v) is 1.77. The highest BCUT2D eigenvalue weighted by Crippen LogP contribution is 2.22. The smallest absolute Gasteiger partial charge is 0.367 e. The molecule has 0 amide bonds. The summed E-state index contributed by atoms with van der Waals surface area (Å²) in [6.45, 7) is -1.39. The molecule has 1 nitrogen and oxygen atoms in total. The topological polar surface area (TPSA) is 9.23 Å². The van der Waals surface area contributed by atoms with Crippen molar-refractivity contribution in [2.45, 2.75) is 12.8 Å². The normalized spacial score (nSPS) is 11.6. The molecule has 2 aromatic carbocycles. The SMILES string of the molecule is Fc1ccc(-c2cccc(COCC(F)(F)F)c2)cc1. The summed E-state index contributed by atoms with van der Waals surface area (Å²) in [6, 6.07) is 12.8. The molecule has 0 saturated heterocycles. The maximum atomic E-state index is 12.8. The predicted octanol–water partition coefficient (Wildman–Crippen LogP) is 4.57. The van der Waals surface area contributed by atoms with Crippen LogP contribution in [0.1, 0.15) is 5.56 Å². The fraction of sp³-hybridized carbons (Fsp3) is 0.200. The Balaban J connectivity index is 2.06. The van der Waals surface area contributed by atoms with Gasteiger partial charge in [0, 0.05) is 0 Å². The van der Waals surface area contributed by atoms with E-state index in [-0.39, 0.29) is 12.4 Å². The van der Waals surface area contributed by atoms with Gasteiger partial charge < -0.3 is 4.74 Å². The Morgan fingerprint density at radius 2 is 1.60 bits per heavy atom. The Bertz CT molecular complexity index is 561. The van der Waals surface area contributed by atoms with Crippen molar-refractivity contribution >= 4 is 0 Å². The zero-order chi connectivity index (χ0) is 14.6. The molecule has 2 rings (SSSR count). The van der Waals surface area contributed by atoms with Crippen LogP contribution in [0.4, 0.5) is 17.6 Å². The van der Waals surface area contributed by atoms with Crippen LogP contribution >= 0.6 is 0 Å².